The SMILES string of the molecule is CCCCCn1c(SC(C)C(=O)NC(N)=O)nc2sc3c(c2c1=O)CCCC3. The van der Waals surface area contributed by atoms with Crippen LogP contribution in [0.1, 0.15) is 56.4 Å². The van der Waals surface area contributed by atoms with Gasteiger partial charge in [0.05, 0.1) is 10.6 Å². The molecule has 1 unspecified atom stereocenters. The number of aryl methyl sites for hydroxylation is 2. The minimum Gasteiger partial charge on any atom is -0.351 e. The van der Waals surface area contributed by atoms with Gasteiger partial charge in [0.2, 0.25) is 5.91 Å². The number of nitrogens with zero attached hydrogens (tertiary/aromatic N) is 2. The van der Waals surface area contributed by atoms with Crippen LogP contribution in [-0.4, -0.2) is 26.7 Å². The number of amides is 3. The average molecular weight is 423 g/mol. The number of thiophene rings is 1. The zero-order valence-electron chi connectivity index (χ0n) is 16.2. The standard InChI is InChI=1S/C19H26N4O3S2/c1-3-4-7-10-23-17(25)14-12-8-5-6-9-13(12)28-16(14)22-19(23)27-11(2)15(24)21-18(20)26/h11H,3-10H2,1-2H3,(H3,20,21,24,26). The lowest BCUT2D eigenvalue weighted by atomic mass is 9.97. The van der Waals surface area contributed by atoms with Gasteiger partial charge in [-0.05, 0) is 44.6 Å². The number of carbonyl (C=O) groups is 2. The van der Waals surface area contributed by atoms with Gasteiger partial charge in [-0.2, -0.15) is 0 Å². The summed E-state index contributed by atoms with van der Waals surface area (Å²) in [7, 11) is 0. The van der Waals surface area contributed by atoms with Crippen LogP contribution >= 0.6 is 23.1 Å². The molecule has 0 spiro atoms. The molecule has 0 bridgehead atoms. The van der Waals surface area contributed by atoms with Gasteiger partial charge in [0.25, 0.3) is 5.56 Å². The van der Waals surface area contributed by atoms with Gasteiger partial charge in [0.15, 0.2) is 5.16 Å². The summed E-state index contributed by atoms with van der Waals surface area (Å²) in [6.45, 7) is 4.37. The Labute approximate surface area is 172 Å². The number of unbranched alkanes of at least 4 members (excludes halogenated alkanes) is 2. The van der Waals surface area contributed by atoms with Crippen molar-refractivity contribution in [2.24, 2.45) is 5.73 Å². The van der Waals surface area contributed by atoms with Gasteiger partial charge in [-0.25, -0.2) is 9.78 Å². The van der Waals surface area contributed by atoms with Crippen LogP contribution < -0.4 is 16.6 Å². The predicted molar refractivity (Wildman–Crippen MR) is 113 cm³/mol. The molecule has 7 nitrogen and oxygen atoms in total. The van der Waals surface area contributed by atoms with E-state index in [0.29, 0.717) is 11.7 Å². The van der Waals surface area contributed by atoms with E-state index in [4.69, 9.17) is 10.7 Å². The van der Waals surface area contributed by atoms with Crippen LogP contribution in [0.2, 0.25) is 0 Å². The van der Waals surface area contributed by atoms with E-state index in [2.05, 4.69) is 12.2 Å². The van der Waals surface area contributed by atoms with Crippen molar-refractivity contribution in [3.63, 3.8) is 0 Å². The molecule has 1 atom stereocenters. The minimum absolute atomic E-state index is 0.00878. The molecule has 152 valence electrons. The average Bonchev–Trinajstić information content (AvgIpc) is 3.02. The maximum Gasteiger partial charge on any atom is 0.318 e. The lowest BCUT2D eigenvalue weighted by Gasteiger charge is -2.15. The van der Waals surface area contributed by atoms with Gasteiger partial charge < -0.3 is 5.73 Å². The van der Waals surface area contributed by atoms with E-state index >= 15 is 0 Å². The molecule has 3 N–H and O–H groups in total. The number of urea groups is 1. The summed E-state index contributed by atoms with van der Waals surface area (Å²) in [5.74, 6) is -0.488. The fourth-order valence-corrected chi connectivity index (χ4v) is 5.70. The lowest BCUT2D eigenvalue weighted by Crippen LogP contribution is -2.39. The van der Waals surface area contributed by atoms with Crippen LogP contribution in [0.4, 0.5) is 4.79 Å². The molecule has 3 rings (SSSR count). The maximum absolute atomic E-state index is 13.3. The Hall–Kier alpha value is -1.87. The first-order valence-corrected chi connectivity index (χ1v) is 11.4. The Morgan fingerprint density at radius 1 is 1.32 bits per heavy atom. The van der Waals surface area contributed by atoms with Crippen molar-refractivity contribution in [2.45, 2.75) is 75.7 Å². The van der Waals surface area contributed by atoms with Gasteiger partial charge in [0, 0.05) is 11.4 Å². The third kappa shape index (κ3) is 4.41. The number of nitrogens with one attached hydrogen (secondary N) is 1. The van der Waals surface area contributed by atoms with Crippen LogP contribution in [0.25, 0.3) is 10.2 Å². The molecular formula is C19H26N4O3S2. The zero-order valence-corrected chi connectivity index (χ0v) is 17.9. The summed E-state index contributed by atoms with van der Waals surface area (Å²) in [6, 6.07) is -0.882. The van der Waals surface area contributed by atoms with Gasteiger partial charge in [-0.15, -0.1) is 11.3 Å². The Morgan fingerprint density at radius 2 is 2.07 bits per heavy atom. The second-order valence-electron chi connectivity index (χ2n) is 7.06. The minimum atomic E-state index is -0.882. The number of hydrogen-bond acceptors (Lipinski definition) is 6. The summed E-state index contributed by atoms with van der Waals surface area (Å²) in [6.07, 6.45) is 7.15. The van der Waals surface area contributed by atoms with Crippen LogP contribution in [0.5, 0.6) is 0 Å². The molecule has 1 aliphatic carbocycles. The highest BCUT2D eigenvalue weighted by Crippen LogP contribution is 2.35. The maximum atomic E-state index is 13.3. The number of rotatable bonds is 7. The quantitative estimate of drug-likeness (QED) is 0.405. The fourth-order valence-electron chi connectivity index (χ4n) is 3.46. The molecule has 28 heavy (non-hydrogen) atoms. The molecule has 2 aromatic heterocycles. The van der Waals surface area contributed by atoms with E-state index in [1.165, 1.54) is 22.2 Å². The van der Waals surface area contributed by atoms with Crippen molar-refractivity contribution in [3.8, 4) is 0 Å². The molecule has 0 fully saturated rings. The number of fused-ring (bicyclic) bond motifs is 3. The highest BCUT2D eigenvalue weighted by molar-refractivity contribution is 8.00. The monoisotopic (exact) mass is 422 g/mol. The van der Waals surface area contributed by atoms with Crippen molar-refractivity contribution in [1.82, 2.24) is 14.9 Å². The first kappa shape index (κ1) is 20.9. The van der Waals surface area contributed by atoms with Crippen LogP contribution in [-0.2, 0) is 24.2 Å². The van der Waals surface area contributed by atoms with Crippen LogP contribution in [0.15, 0.2) is 9.95 Å². The van der Waals surface area contributed by atoms with Crippen molar-refractivity contribution in [1.29, 1.82) is 0 Å². The molecule has 1 aliphatic rings. The first-order chi connectivity index (χ1) is 13.4. The third-order valence-corrected chi connectivity index (χ3v) is 7.20. The summed E-state index contributed by atoms with van der Waals surface area (Å²) < 4.78 is 1.71. The van der Waals surface area contributed by atoms with Gasteiger partial charge in [-0.1, -0.05) is 31.5 Å². The molecule has 0 saturated carbocycles. The van der Waals surface area contributed by atoms with Gasteiger partial charge in [-0.3, -0.25) is 19.5 Å². The van der Waals surface area contributed by atoms with E-state index in [-0.39, 0.29) is 5.56 Å². The Balaban J connectivity index is 2.01. The number of imide groups is 1. The second-order valence-corrected chi connectivity index (χ2v) is 9.45. The largest absolute Gasteiger partial charge is 0.351 e. The molecule has 2 heterocycles. The van der Waals surface area contributed by atoms with E-state index in [1.807, 2.05) is 0 Å². The highest BCUT2D eigenvalue weighted by atomic mass is 32.2. The van der Waals surface area contributed by atoms with E-state index in [9.17, 15) is 14.4 Å². The smallest absolute Gasteiger partial charge is 0.318 e. The Bertz CT molecular complexity index is 951. The topological polar surface area (TPSA) is 107 Å². The second kappa shape index (κ2) is 9.09. The Morgan fingerprint density at radius 3 is 2.79 bits per heavy atom. The van der Waals surface area contributed by atoms with Crippen molar-refractivity contribution in [2.75, 3.05) is 0 Å². The number of aromatic nitrogens is 2. The van der Waals surface area contributed by atoms with Crippen LogP contribution in [0.3, 0.4) is 0 Å². The molecule has 0 aliphatic heterocycles. The summed E-state index contributed by atoms with van der Waals surface area (Å²) in [5, 5.41) is 2.79. The highest BCUT2D eigenvalue weighted by Gasteiger charge is 2.24. The summed E-state index contributed by atoms with van der Waals surface area (Å²) >= 11 is 2.79. The third-order valence-electron chi connectivity index (χ3n) is 4.92. The molecule has 3 amide bonds. The molecule has 2 aromatic rings. The number of carbonyl (C=O) groups excluding carboxylic acids is 2. The first-order valence-electron chi connectivity index (χ1n) is 9.74. The molecule has 0 saturated heterocycles. The fraction of sp³-hybridized carbons (Fsp3) is 0.579. The molecule has 0 aromatic carbocycles. The van der Waals surface area contributed by atoms with Crippen molar-refractivity contribution < 1.29 is 9.59 Å². The van der Waals surface area contributed by atoms with Gasteiger partial charge in [0.1, 0.15) is 4.83 Å². The van der Waals surface area contributed by atoms with E-state index in [1.54, 1.807) is 22.8 Å². The molecule has 0 radical (unpaired) electrons. The number of hydrogen-bond donors (Lipinski definition) is 2. The summed E-state index contributed by atoms with van der Waals surface area (Å²) in [5.41, 5.74) is 6.20. The van der Waals surface area contributed by atoms with E-state index in [0.717, 1.165) is 55.2 Å². The lowest BCUT2D eigenvalue weighted by molar-refractivity contribution is -0.119. The normalized spacial score (nSPS) is 14.6. The molecule has 9 heteroatoms. The zero-order chi connectivity index (χ0) is 20.3. The Kier molecular flexibility index (Phi) is 6.77. The van der Waals surface area contributed by atoms with Crippen LogP contribution in [0, 0.1) is 0 Å². The number of nitrogens with two attached hydrogens (primary N) is 1. The molecular weight excluding hydrogens is 396 g/mol. The predicted octanol–water partition coefficient (Wildman–Crippen LogP) is 3.20. The summed E-state index contributed by atoms with van der Waals surface area (Å²) in [4.78, 5) is 43.2. The number of primary amides is 1. The van der Waals surface area contributed by atoms with Crippen molar-refractivity contribution >= 4 is 45.3 Å². The number of thioether (sulfide) groups is 1. The van der Waals surface area contributed by atoms with E-state index < -0.39 is 17.2 Å². The van der Waals surface area contributed by atoms with Crippen molar-refractivity contribution in [3.05, 3.63) is 20.8 Å². The van der Waals surface area contributed by atoms with Gasteiger partial charge >= 0.3 is 6.03 Å².